The molecular weight excluding hydrogens is 482 g/mol. The molecule has 0 fully saturated rings. The highest BCUT2D eigenvalue weighted by molar-refractivity contribution is 5.76. The summed E-state index contributed by atoms with van der Waals surface area (Å²) in [4.78, 5) is 22.5. The first-order valence-electron chi connectivity index (χ1n) is 14.3. The number of rotatable bonds is 21. The lowest BCUT2D eigenvalue weighted by atomic mass is 10.0. The molecule has 38 heavy (non-hydrogen) atoms. The van der Waals surface area contributed by atoms with E-state index in [-0.39, 0.29) is 11.6 Å². The molecule has 1 aromatic carbocycles. The van der Waals surface area contributed by atoms with Gasteiger partial charge in [-0.25, -0.2) is 4.57 Å². The Hall–Kier alpha value is -2.84. The van der Waals surface area contributed by atoms with Crippen LogP contribution in [0.5, 0.6) is 0 Å². The second kappa shape index (κ2) is 19.3. The smallest absolute Gasteiger partial charge is 0.269 e. The minimum absolute atomic E-state index is 0.0781. The van der Waals surface area contributed by atoms with Crippen molar-refractivity contribution in [2.75, 3.05) is 6.61 Å². The topological polar surface area (TPSA) is 117 Å². The number of hydrogen-bond acceptors (Lipinski definition) is 5. The Morgan fingerprint density at radius 3 is 1.82 bits per heavy atom. The van der Waals surface area contributed by atoms with E-state index in [9.17, 15) is 25.1 Å². The van der Waals surface area contributed by atoms with E-state index >= 15 is 0 Å². The molecule has 0 aliphatic rings. The number of nitrogens with zero attached hydrogens (tertiary/aromatic N) is 2. The third kappa shape index (κ3) is 13.1. The molecule has 0 spiro atoms. The van der Waals surface area contributed by atoms with Crippen LogP contribution in [0.1, 0.15) is 102 Å². The highest BCUT2D eigenvalue weighted by Gasteiger charge is 2.22. The van der Waals surface area contributed by atoms with Gasteiger partial charge < -0.3 is 15.5 Å². The van der Waals surface area contributed by atoms with E-state index in [2.05, 4.69) is 40.5 Å². The van der Waals surface area contributed by atoms with E-state index in [1.165, 1.54) is 88.5 Å². The van der Waals surface area contributed by atoms with Gasteiger partial charge in [0.05, 0.1) is 17.6 Å². The third-order valence-electron chi connectivity index (χ3n) is 6.97. The van der Waals surface area contributed by atoms with Gasteiger partial charge in [-0.15, -0.1) is 0 Å². The molecule has 1 heterocycles. The number of aryl methyl sites for hydroxylation is 1. The number of non-ortho nitro benzene ring substituents is 1. The van der Waals surface area contributed by atoms with Crippen molar-refractivity contribution < 1.29 is 24.5 Å². The van der Waals surface area contributed by atoms with Gasteiger partial charge >= 0.3 is 0 Å². The van der Waals surface area contributed by atoms with E-state index in [4.69, 9.17) is 0 Å². The van der Waals surface area contributed by atoms with Crippen molar-refractivity contribution in [3.05, 3.63) is 70.5 Å². The lowest BCUT2D eigenvalue weighted by Crippen LogP contribution is -2.41. The number of hydrogen-bond donors (Lipinski definition) is 3. The van der Waals surface area contributed by atoms with E-state index in [0.717, 1.165) is 25.8 Å². The molecule has 8 nitrogen and oxygen atoms in total. The van der Waals surface area contributed by atoms with Crippen LogP contribution in [0.4, 0.5) is 5.69 Å². The predicted molar refractivity (Wildman–Crippen MR) is 148 cm³/mol. The predicted octanol–water partition coefficient (Wildman–Crippen LogP) is 5.55. The summed E-state index contributed by atoms with van der Waals surface area (Å²) >= 11 is 0. The lowest BCUT2D eigenvalue weighted by molar-refractivity contribution is -0.697. The fraction of sp³-hybridized carbons (Fsp3) is 0.600. The van der Waals surface area contributed by atoms with Gasteiger partial charge in [0.1, 0.15) is 12.6 Å². The quantitative estimate of drug-likeness (QED) is 0.0849. The summed E-state index contributed by atoms with van der Waals surface area (Å²) < 4.78 is 2.25. The van der Waals surface area contributed by atoms with Gasteiger partial charge in [-0.05, 0) is 30.5 Å². The molecule has 0 aliphatic heterocycles. The molecule has 210 valence electrons. The Morgan fingerprint density at radius 2 is 1.32 bits per heavy atom. The number of carbonyl (C=O) groups is 1. The van der Waals surface area contributed by atoms with E-state index in [1.54, 1.807) is 0 Å². The fourth-order valence-corrected chi connectivity index (χ4v) is 4.64. The van der Waals surface area contributed by atoms with E-state index in [0.29, 0.717) is 12.0 Å². The average molecular weight is 529 g/mol. The fourth-order valence-electron chi connectivity index (χ4n) is 4.64. The molecule has 2 rings (SSSR count). The zero-order chi connectivity index (χ0) is 27.4. The number of pyridine rings is 1. The van der Waals surface area contributed by atoms with Crippen LogP contribution in [0.15, 0.2) is 54.9 Å². The van der Waals surface area contributed by atoms with Crippen LogP contribution in [-0.2, 0) is 11.3 Å². The number of nitro groups is 1. The summed E-state index contributed by atoms with van der Waals surface area (Å²) in [6.07, 6.45) is 19.3. The summed E-state index contributed by atoms with van der Waals surface area (Å²) in [5, 5.41) is 33.5. The molecule has 1 amide bonds. The first-order valence-corrected chi connectivity index (χ1v) is 14.3. The van der Waals surface area contributed by atoms with Gasteiger partial charge in [0.15, 0.2) is 12.4 Å². The Kier molecular flexibility index (Phi) is 15.9. The molecular formula is C30H46N3O5+. The second-order valence-electron chi connectivity index (χ2n) is 10.1. The van der Waals surface area contributed by atoms with Gasteiger partial charge in [-0.1, -0.05) is 70.3 Å². The Bertz CT molecular complexity index is 908. The molecule has 0 aliphatic carbocycles. The number of benzene rings is 1. The van der Waals surface area contributed by atoms with Crippen molar-refractivity contribution in [1.82, 2.24) is 5.32 Å². The standard InChI is InChI=1S/C30H45N3O5/c34-25-28(30(36)26-18-20-27(21-19-26)33(37)38)31-29(35)17-13-10-8-6-4-2-1-3-5-7-9-11-14-22-32-23-15-12-16-24-32/h12,15-16,18-21,23-24,28,30,34,36H,1-11,13-14,17,22,25H2/p+1/t28-,30-/m1/s1. The Morgan fingerprint density at radius 1 is 0.816 bits per heavy atom. The lowest BCUT2D eigenvalue weighted by Gasteiger charge is -2.22. The maximum Gasteiger partial charge on any atom is 0.269 e. The van der Waals surface area contributed by atoms with Gasteiger partial charge in [0.25, 0.3) is 5.69 Å². The monoisotopic (exact) mass is 528 g/mol. The molecule has 2 aromatic rings. The van der Waals surface area contributed by atoms with Crippen molar-refractivity contribution >= 4 is 11.6 Å². The third-order valence-corrected chi connectivity index (χ3v) is 6.97. The number of carbonyl (C=O) groups excluding carboxylic acids is 1. The van der Waals surface area contributed by atoms with Crippen LogP contribution in [0.3, 0.4) is 0 Å². The summed E-state index contributed by atoms with van der Waals surface area (Å²) in [6, 6.07) is 10.8. The Balaban J connectivity index is 1.41. The van der Waals surface area contributed by atoms with Crippen LogP contribution in [-0.4, -0.2) is 33.7 Å². The summed E-state index contributed by atoms with van der Waals surface area (Å²) in [5.74, 6) is -0.205. The molecule has 0 unspecified atom stereocenters. The summed E-state index contributed by atoms with van der Waals surface area (Å²) in [5.41, 5.74) is 0.332. The maximum absolute atomic E-state index is 12.3. The van der Waals surface area contributed by atoms with E-state index < -0.39 is 23.7 Å². The molecule has 8 heteroatoms. The first kappa shape index (κ1) is 31.4. The normalized spacial score (nSPS) is 12.7. The minimum atomic E-state index is -1.14. The number of unbranched alkanes of at least 4 members (excludes halogenated alkanes) is 12. The van der Waals surface area contributed by atoms with Gasteiger partial charge in [0.2, 0.25) is 5.91 Å². The summed E-state index contributed by atoms with van der Waals surface area (Å²) in [6.45, 7) is 0.694. The number of amides is 1. The van der Waals surface area contributed by atoms with Gasteiger partial charge in [0, 0.05) is 37.1 Å². The molecule has 0 saturated carbocycles. The van der Waals surface area contributed by atoms with Crippen molar-refractivity contribution in [2.24, 2.45) is 0 Å². The largest absolute Gasteiger partial charge is 0.394 e. The van der Waals surface area contributed by atoms with Crippen molar-refractivity contribution in [3.8, 4) is 0 Å². The van der Waals surface area contributed by atoms with Crippen molar-refractivity contribution in [2.45, 2.75) is 109 Å². The number of aromatic nitrogens is 1. The zero-order valence-corrected chi connectivity index (χ0v) is 22.7. The van der Waals surface area contributed by atoms with Crippen LogP contribution in [0.25, 0.3) is 0 Å². The van der Waals surface area contributed by atoms with E-state index in [1.807, 2.05) is 0 Å². The van der Waals surface area contributed by atoms with Crippen LogP contribution in [0.2, 0.25) is 0 Å². The molecule has 0 radical (unpaired) electrons. The molecule has 3 N–H and O–H groups in total. The molecule has 0 bridgehead atoms. The zero-order valence-electron chi connectivity index (χ0n) is 22.7. The molecule has 1 aromatic heterocycles. The Labute approximate surface area is 227 Å². The minimum Gasteiger partial charge on any atom is -0.394 e. The van der Waals surface area contributed by atoms with Crippen LogP contribution < -0.4 is 9.88 Å². The second-order valence-corrected chi connectivity index (χ2v) is 10.1. The van der Waals surface area contributed by atoms with Crippen LogP contribution >= 0.6 is 0 Å². The summed E-state index contributed by atoms with van der Waals surface area (Å²) in [7, 11) is 0. The number of aliphatic hydroxyl groups excluding tert-OH is 2. The number of nitro benzene ring substituents is 1. The van der Waals surface area contributed by atoms with Crippen LogP contribution in [0, 0.1) is 10.1 Å². The first-order chi connectivity index (χ1) is 18.5. The molecule has 0 saturated heterocycles. The SMILES string of the molecule is O=C(CCCCCCCCCCCCCCC[n+]1ccccc1)N[C@H](CO)[C@H](O)c1ccc([N+](=O)[O-])cc1. The molecule has 2 atom stereocenters. The highest BCUT2D eigenvalue weighted by atomic mass is 16.6. The highest BCUT2D eigenvalue weighted by Crippen LogP contribution is 2.21. The average Bonchev–Trinajstić information content (AvgIpc) is 2.94. The van der Waals surface area contributed by atoms with Gasteiger partial charge in [-0.3, -0.25) is 14.9 Å². The number of nitrogens with one attached hydrogen (secondary N) is 1. The van der Waals surface area contributed by atoms with Crippen molar-refractivity contribution in [1.29, 1.82) is 0 Å². The number of aliphatic hydroxyl groups is 2. The maximum atomic E-state index is 12.3. The van der Waals surface area contributed by atoms with Crippen molar-refractivity contribution in [3.63, 3.8) is 0 Å². The van der Waals surface area contributed by atoms with Gasteiger partial charge in [-0.2, -0.15) is 0 Å².